The van der Waals surface area contributed by atoms with Crippen molar-refractivity contribution in [3.05, 3.63) is 18.5 Å². The van der Waals surface area contributed by atoms with Crippen molar-refractivity contribution >= 4 is 11.8 Å². The van der Waals surface area contributed by atoms with Gasteiger partial charge in [-0.1, -0.05) is 0 Å². The fourth-order valence-corrected chi connectivity index (χ4v) is 1.29. The summed E-state index contributed by atoms with van der Waals surface area (Å²) < 4.78 is 0. The van der Waals surface area contributed by atoms with Crippen LogP contribution in [0.4, 0.5) is 0 Å². The summed E-state index contributed by atoms with van der Waals surface area (Å²) in [6.45, 7) is 1.21. The number of aromatic nitrogens is 3. The minimum atomic E-state index is 1.17. The number of nitrogens with one attached hydrogen (secondary N) is 1. The van der Waals surface area contributed by atoms with E-state index in [0.29, 0.717) is 0 Å². The first kappa shape index (κ1) is 8.42. The van der Waals surface area contributed by atoms with Gasteiger partial charge in [-0.05, 0) is 11.3 Å². The van der Waals surface area contributed by atoms with Crippen LogP contribution in [0.3, 0.4) is 0 Å². The largest absolute Gasteiger partial charge is 0.307 e. The van der Waals surface area contributed by atoms with Gasteiger partial charge in [-0.25, -0.2) is 0 Å². The molecular formula is C6H10N4S. The van der Waals surface area contributed by atoms with Gasteiger partial charge in [-0.15, -0.1) is 22.0 Å². The summed E-state index contributed by atoms with van der Waals surface area (Å²) in [6, 6.07) is 1.72. The molecule has 0 amide bonds. The summed E-state index contributed by atoms with van der Waals surface area (Å²) in [4.78, 5) is 0. The highest BCUT2D eigenvalue weighted by molar-refractivity contribution is 7.99. The zero-order valence-corrected chi connectivity index (χ0v) is 6.92. The molecule has 2 heterocycles. The smallest absolute Gasteiger partial charge is 0.0529 e. The van der Waals surface area contributed by atoms with Gasteiger partial charge in [0, 0.05) is 18.2 Å². The summed E-state index contributed by atoms with van der Waals surface area (Å²) in [7, 11) is 0. The van der Waals surface area contributed by atoms with E-state index in [4.69, 9.17) is 0 Å². The molecule has 0 saturated carbocycles. The van der Waals surface area contributed by atoms with E-state index in [1.807, 2.05) is 11.8 Å². The number of rotatable bonds is 0. The third-order valence-corrected chi connectivity index (χ3v) is 1.94. The maximum atomic E-state index is 3.42. The standard InChI is InChI=1S/C3H3N3.C3H7NS/c1-2-4-6-5-3-1;1-2-5-3-4-1/h1-3H;4H,1-3H2. The lowest BCUT2D eigenvalue weighted by atomic mass is 10.7. The molecule has 0 aromatic carbocycles. The van der Waals surface area contributed by atoms with Crippen LogP contribution in [0.25, 0.3) is 0 Å². The zero-order valence-electron chi connectivity index (χ0n) is 6.10. The maximum absolute atomic E-state index is 3.42. The maximum Gasteiger partial charge on any atom is 0.0529 e. The Bertz CT molecular complexity index is 131. The normalized spacial score (nSPS) is 15.3. The van der Waals surface area contributed by atoms with Crippen LogP contribution in [0, 0.1) is 0 Å². The molecule has 5 heteroatoms. The second kappa shape index (κ2) is 6.06. The van der Waals surface area contributed by atoms with Crippen molar-refractivity contribution in [1.29, 1.82) is 0 Å². The van der Waals surface area contributed by atoms with Gasteiger partial charge >= 0.3 is 0 Å². The summed E-state index contributed by atoms with van der Waals surface area (Å²) in [5, 5.41) is 13.3. The van der Waals surface area contributed by atoms with Gasteiger partial charge < -0.3 is 5.32 Å². The van der Waals surface area contributed by atoms with E-state index in [0.717, 1.165) is 0 Å². The first-order chi connectivity index (χ1) is 5.50. The van der Waals surface area contributed by atoms with Crippen molar-refractivity contribution in [3.63, 3.8) is 0 Å². The molecular weight excluding hydrogens is 160 g/mol. The molecule has 0 spiro atoms. The lowest BCUT2D eigenvalue weighted by molar-refractivity contribution is 0.865. The van der Waals surface area contributed by atoms with E-state index in [-0.39, 0.29) is 0 Å². The molecule has 1 aliphatic heterocycles. The van der Waals surface area contributed by atoms with E-state index >= 15 is 0 Å². The summed E-state index contributed by atoms with van der Waals surface area (Å²) >= 11 is 1.96. The van der Waals surface area contributed by atoms with Crippen LogP contribution >= 0.6 is 11.8 Å². The quantitative estimate of drug-likeness (QED) is 0.600. The van der Waals surface area contributed by atoms with Crippen molar-refractivity contribution in [2.24, 2.45) is 0 Å². The van der Waals surface area contributed by atoms with E-state index < -0.39 is 0 Å². The molecule has 1 N–H and O–H groups in total. The Kier molecular flexibility index (Phi) is 4.64. The van der Waals surface area contributed by atoms with Crippen molar-refractivity contribution in [2.75, 3.05) is 18.2 Å². The molecule has 1 aromatic rings. The van der Waals surface area contributed by atoms with Crippen LogP contribution in [-0.2, 0) is 0 Å². The average Bonchev–Trinajstić information content (AvgIpc) is 2.64. The Balaban J connectivity index is 0.000000112. The Morgan fingerprint density at radius 3 is 2.27 bits per heavy atom. The van der Waals surface area contributed by atoms with Gasteiger partial charge in [0.25, 0.3) is 0 Å². The van der Waals surface area contributed by atoms with Crippen LogP contribution in [0.1, 0.15) is 0 Å². The van der Waals surface area contributed by atoms with E-state index in [2.05, 4.69) is 20.7 Å². The highest BCUT2D eigenvalue weighted by Crippen LogP contribution is 1.99. The van der Waals surface area contributed by atoms with Crippen LogP contribution in [0.15, 0.2) is 18.5 Å². The summed E-state index contributed by atoms with van der Waals surface area (Å²) in [5.41, 5.74) is 0. The monoisotopic (exact) mass is 170 g/mol. The molecule has 0 atom stereocenters. The van der Waals surface area contributed by atoms with E-state index in [1.54, 1.807) is 18.5 Å². The predicted molar refractivity (Wildman–Crippen MR) is 45.2 cm³/mol. The zero-order chi connectivity index (χ0) is 7.78. The number of hydrogen-bond donors (Lipinski definition) is 1. The molecule has 0 aliphatic carbocycles. The third-order valence-electron chi connectivity index (χ3n) is 1.04. The third kappa shape index (κ3) is 4.69. The summed E-state index contributed by atoms with van der Waals surface area (Å²) in [5.74, 6) is 2.47. The second-order valence-electron chi connectivity index (χ2n) is 1.86. The lowest BCUT2D eigenvalue weighted by Crippen LogP contribution is -2.04. The molecule has 1 fully saturated rings. The van der Waals surface area contributed by atoms with Crippen molar-refractivity contribution in [2.45, 2.75) is 0 Å². The molecule has 1 aromatic heterocycles. The van der Waals surface area contributed by atoms with Gasteiger partial charge in [-0.2, -0.15) is 0 Å². The molecule has 0 radical (unpaired) electrons. The molecule has 11 heavy (non-hydrogen) atoms. The SMILES string of the molecule is C1CSCN1.c1cnnnc1. The minimum Gasteiger partial charge on any atom is -0.307 e. The van der Waals surface area contributed by atoms with Crippen molar-refractivity contribution < 1.29 is 0 Å². The van der Waals surface area contributed by atoms with E-state index in [1.165, 1.54) is 18.2 Å². The van der Waals surface area contributed by atoms with Crippen molar-refractivity contribution in [3.8, 4) is 0 Å². The van der Waals surface area contributed by atoms with Gasteiger partial charge in [0.1, 0.15) is 0 Å². The van der Waals surface area contributed by atoms with Gasteiger partial charge in [0.05, 0.1) is 12.4 Å². The Labute approximate surface area is 69.8 Å². The van der Waals surface area contributed by atoms with Crippen LogP contribution in [0.2, 0.25) is 0 Å². The molecule has 60 valence electrons. The van der Waals surface area contributed by atoms with Crippen LogP contribution < -0.4 is 5.32 Å². The number of nitrogens with zero attached hydrogens (tertiary/aromatic N) is 3. The van der Waals surface area contributed by atoms with Crippen LogP contribution in [-0.4, -0.2) is 33.6 Å². The molecule has 2 rings (SSSR count). The molecule has 1 saturated heterocycles. The Hall–Kier alpha value is -0.680. The minimum absolute atomic E-state index is 1.17. The van der Waals surface area contributed by atoms with Crippen LogP contribution in [0.5, 0.6) is 0 Å². The topological polar surface area (TPSA) is 50.7 Å². The highest BCUT2D eigenvalue weighted by Gasteiger charge is 1.93. The second-order valence-corrected chi connectivity index (χ2v) is 2.97. The lowest BCUT2D eigenvalue weighted by Gasteiger charge is -1.74. The Morgan fingerprint density at radius 1 is 1.27 bits per heavy atom. The molecule has 0 unspecified atom stereocenters. The summed E-state index contributed by atoms with van der Waals surface area (Å²) in [6.07, 6.45) is 3.15. The fourth-order valence-electron chi connectivity index (χ4n) is 0.566. The van der Waals surface area contributed by atoms with Gasteiger partial charge in [0.15, 0.2) is 0 Å². The first-order valence-electron chi connectivity index (χ1n) is 3.37. The van der Waals surface area contributed by atoms with Gasteiger partial charge in [-0.3, -0.25) is 0 Å². The van der Waals surface area contributed by atoms with Gasteiger partial charge in [0.2, 0.25) is 0 Å². The molecule has 0 bridgehead atoms. The number of thioether (sulfide) groups is 1. The fraction of sp³-hybridized carbons (Fsp3) is 0.500. The van der Waals surface area contributed by atoms with Crippen molar-refractivity contribution in [1.82, 2.24) is 20.7 Å². The average molecular weight is 170 g/mol. The predicted octanol–water partition coefficient (Wildman–Crippen LogP) is 0.152. The molecule has 4 nitrogen and oxygen atoms in total. The Morgan fingerprint density at radius 2 is 2.09 bits per heavy atom. The van der Waals surface area contributed by atoms with E-state index in [9.17, 15) is 0 Å². The number of hydrogen-bond acceptors (Lipinski definition) is 5. The molecule has 1 aliphatic rings. The highest BCUT2D eigenvalue weighted by atomic mass is 32.2. The first-order valence-corrected chi connectivity index (χ1v) is 4.52.